The van der Waals surface area contributed by atoms with Gasteiger partial charge in [-0.2, -0.15) is 0 Å². The van der Waals surface area contributed by atoms with Crippen molar-refractivity contribution in [3.8, 4) is 0 Å². The van der Waals surface area contributed by atoms with E-state index in [-0.39, 0.29) is 17.7 Å². The second kappa shape index (κ2) is 6.18. The molecule has 5 heteroatoms. The van der Waals surface area contributed by atoms with E-state index in [0.717, 1.165) is 25.9 Å². The Morgan fingerprint density at radius 2 is 2.00 bits per heavy atom. The first kappa shape index (κ1) is 13.3. The summed E-state index contributed by atoms with van der Waals surface area (Å²) in [7, 11) is 0. The number of carbonyl (C=O) groups excluding carboxylic acids is 1. The summed E-state index contributed by atoms with van der Waals surface area (Å²) in [6.07, 6.45) is 5.16. The Morgan fingerprint density at radius 1 is 1.22 bits per heavy atom. The molecule has 2 fully saturated rings. The zero-order valence-electron chi connectivity index (χ0n) is 10.6. The van der Waals surface area contributed by atoms with Gasteiger partial charge in [-0.1, -0.05) is 0 Å². The molecule has 102 valence electrons. The number of aliphatic carboxylic acids is 1. The maximum Gasteiger partial charge on any atom is 0.306 e. The Balaban J connectivity index is 1.64. The van der Waals surface area contributed by atoms with Gasteiger partial charge in [0.2, 0.25) is 5.91 Å². The van der Waals surface area contributed by atoms with Crippen molar-refractivity contribution in [1.29, 1.82) is 0 Å². The van der Waals surface area contributed by atoms with Crippen LogP contribution in [0.2, 0.25) is 0 Å². The van der Waals surface area contributed by atoms with Crippen LogP contribution >= 0.6 is 0 Å². The summed E-state index contributed by atoms with van der Waals surface area (Å²) in [4.78, 5) is 22.7. The van der Waals surface area contributed by atoms with E-state index >= 15 is 0 Å². The van der Waals surface area contributed by atoms with Gasteiger partial charge < -0.3 is 15.2 Å². The largest absolute Gasteiger partial charge is 0.481 e. The minimum Gasteiger partial charge on any atom is -0.481 e. The third-order valence-electron chi connectivity index (χ3n) is 3.94. The molecule has 5 nitrogen and oxygen atoms in total. The molecule has 0 aromatic carbocycles. The molecule has 2 N–H and O–H groups in total. The lowest BCUT2D eigenvalue weighted by Gasteiger charge is -2.13. The maximum atomic E-state index is 11.8. The van der Waals surface area contributed by atoms with Gasteiger partial charge in [-0.05, 0) is 38.5 Å². The van der Waals surface area contributed by atoms with Crippen LogP contribution in [0.1, 0.15) is 38.5 Å². The van der Waals surface area contributed by atoms with E-state index in [9.17, 15) is 9.59 Å². The third kappa shape index (κ3) is 3.45. The van der Waals surface area contributed by atoms with Crippen LogP contribution < -0.4 is 5.32 Å². The van der Waals surface area contributed by atoms with Crippen molar-refractivity contribution in [1.82, 2.24) is 5.32 Å². The molecule has 1 saturated heterocycles. The van der Waals surface area contributed by atoms with Crippen molar-refractivity contribution in [2.24, 2.45) is 11.8 Å². The van der Waals surface area contributed by atoms with Crippen molar-refractivity contribution >= 4 is 11.9 Å². The number of amides is 1. The van der Waals surface area contributed by atoms with Crippen molar-refractivity contribution < 1.29 is 19.4 Å². The molecule has 18 heavy (non-hydrogen) atoms. The molecular weight excluding hydrogens is 234 g/mol. The van der Waals surface area contributed by atoms with Crippen LogP contribution in [0.15, 0.2) is 0 Å². The predicted octanol–water partition coefficient (Wildman–Crippen LogP) is 1.17. The zero-order chi connectivity index (χ0) is 13.0. The molecule has 0 aromatic rings. The minimum atomic E-state index is -0.773. The molecule has 0 spiro atoms. The van der Waals surface area contributed by atoms with Crippen molar-refractivity contribution in [2.45, 2.75) is 44.6 Å². The molecular formula is C13H21NO4. The van der Waals surface area contributed by atoms with E-state index < -0.39 is 5.97 Å². The number of rotatable bonds is 5. The first-order valence-electron chi connectivity index (χ1n) is 6.79. The van der Waals surface area contributed by atoms with Crippen LogP contribution in [0.5, 0.6) is 0 Å². The van der Waals surface area contributed by atoms with Gasteiger partial charge >= 0.3 is 5.97 Å². The summed E-state index contributed by atoms with van der Waals surface area (Å²) < 4.78 is 5.48. The summed E-state index contributed by atoms with van der Waals surface area (Å²) in [6, 6.07) is 0. The molecule has 1 aliphatic heterocycles. The molecule has 2 rings (SSSR count). The fourth-order valence-electron chi connectivity index (χ4n) is 2.82. The summed E-state index contributed by atoms with van der Waals surface area (Å²) in [6.45, 7) is 1.47. The van der Waals surface area contributed by atoms with E-state index in [2.05, 4.69) is 5.32 Å². The molecule has 1 aliphatic carbocycles. The SMILES string of the molecule is O=C(O)[C@H]1CC[C@@H](C(=O)NCCC2CCCO2)C1. The van der Waals surface area contributed by atoms with Crippen LogP contribution in [0.4, 0.5) is 0 Å². The summed E-state index contributed by atoms with van der Waals surface area (Å²) >= 11 is 0. The van der Waals surface area contributed by atoms with E-state index in [1.807, 2.05) is 0 Å². The molecule has 1 amide bonds. The summed E-state index contributed by atoms with van der Waals surface area (Å²) in [5.41, 5.74) is 0. The molecule has 1 saturated carbocycles. The lowest BCUT2D eigenvalue weighted by atomic mass is 10.0. The van der Waals surface area contributed by atoms with Crippen LogP contribution in [-0.4, -0.2) is 36.2 Å². The fourth-order valence-corrected chi connectivity index (χ4v) is 2.82. The Bertz CT molecular complexity index is 312. The van der Waals surface area contributed by atoms with Gasteiger partial charge in [0.05, 0.1) is 12.0 Å². The van der Waals surface area contributed by atoms with Crippen molar-refractivity contribution in [3.05, 3.63) is 0 Å². The van der Waals surface area contributed by atoms with Gasteiger partial charge in [-0.25, -0.2) is 0 Å². The normalized spacial score (nSPS) is 31.4. The number of hydrogen-bond donors (Lipinski definition) is 2. The molecule has 0 bridgehead atoms. The van der Waals surface area contributed by atoms with Crippen LogP contribution in [0, 0.1) is 11.8 Å². The van der Waals surface area contributed by atoms with E-state index in [0.29, 0.717) is 31.9 Å². The smallest absolute Gasteiger partial charge is 0.306 e. The molecule has 2 aliphatic rings. The Morgan fingerprint density at radius 3 is 2.61 bits per heavy atom. The van der Waals surface area contributed by atoms with Gasteiger partial charge in [-0.15, -0.1) is 0 Å². The quantitative estimate of drug-likeness (QED) is 0.773. The average molecular weight is 255 g/mol. The van der Waals surface area contributed by atoms with Gasteiger partial charge in [-0.3, -0.25) is 9.59 Å². The highest BCUT2D eigenvalue weighted by atomic mass is 16.5. The van der Waals surface area contributed by atoms with Gasteiger partial charge in [0.25, 0.3) is 0 Å². The first-order valence-corrected chi connectivity index (χ1v) is 6.79. The van der Waals surface area contributed by atoms with Gasteiger partial charge in [0.15, 0.2) is 0 Å². The Hall–Kier alpha value is -1.10. The topological polar surface area (TPSA) is 75.6 Å². The van der Waals surface area contributed by atoms with Crippen molar-refractivity contribution in [2.75, 3.05) is 13.2 Å². The van der Waals surface area contributed by atoms with Crippen LogP contribution in [0.3, 0.4) is 0 Å². The maximum absolute atomic E-state index is 11.8. The number of ether oxygens (including phenoxy) is 1. The summed E-state index contributed by atoms with van der Waals surface area (Å²) in [5.74, 6) is -1.21. The third-order valence-corrected chi connectivity index (χ3v) is 3.94. The van der Waals surface area contributed by atoms with Gasteiger partial charge in [0, 0.05) is 19.1 Å². The number of carboxylic acids is 1. The second-order valence-electron chi connectivity index (χ2n) is 5.26. The van der Waals surface area contributed by atoms with E-state index in [1.165, 1.54) is 0 Å². The van der Waals surface area contributed by atoms with E-state index in [4.69, 9.17) is 9.84 Å². The Labute approximate surface area is 107 Å². The monoisotopic (exact) mass is 255 g/mol. The lowest BCUT2D eigenvalue weighted by Crippen LogP contribution is -2.32. The van der Waals surface area contributed by atoms with Gasteiger partial charge in [0.1, 0.15) is 0 Å². The highest BCUT2D eigenvalue weighted by Gasteiger charge is 2.33. The average Bonchev–Trinajstić information content (AvgIpc) is 2.99. The van der Waals surface area contributed by atoms with E-state index in [1.54, 1.807) is 0 Å². The van der Waals surface area contributed by atoms with Crippen LogP contribution in [-0.2, 0) is 14.3 Å². The zero-order valence-corrected chi connectivity index (χ0v) is 10.6. The second-order valence-corrected chi connectivity index (χ2v) is 5.26. The molecule has 1 unspecified atom stereocenters. The minimum absolute atomic E-state index is 0.0109. The Kier molecular flexibility index (Phi) is 4.58. The molecule has 1 heterocycles. The fraction of sp³-hybridized carbons (Fsp3) is 0.846. The number of carbonyl (C=O) groups is 2. The number of nitrogens with one attached hydrogen (secondary N) is 1. The molecule has 0 aromatic heterocycles. The van der Waals surface area contributed by atoms with Crippen LogP contribution in [0.25, 0.3) is 0 Å². The first-order chi connectivity index (χ1) is 8.66. The molecule has 3 atom stereocenters. The highest BCUT2D eigenvalue weighted by molar-refractivity contribution is 5.80. The van der Waals surface area contributed by atoms with Crippen molar-refractivity contribution in [3.63, 3.8) is 0 Å². The summed E-state index contributed by atoms with van der Waals surface area (Å²) in [5, 5.41) is 11.8. The predicted molar refractivity (Wildman–Crippen MR) is 65.1 cm³/mol. The molecule has 0 radical (unpaired) electrons. The number of hydrogen-bond acceptors (Lipinski definition) is 3. The lowest BCUT2D eigenvalue weighted by molar-refractivity contribution is -0.141. The highest BCUT2D eigenvalue weighted by Crippen LogP contribution is 2.31. The number of carboxylic acid groups (broad SMARTS) is 1. The standard InChI is InChI=1S/C13H21NO4/c15-12(9-3-4-10(8-9)13(16)17)14-6-5-11-2-1-7-18-11/h9-11H,1-8H2,(H,14,15)(H,16,17)/t9-,10+,11?/m1/s1.